The number of hydrogen-bond donors (Lipinski definition) is 2. The van der Waals surface area contributed by atoms with Crippen LogP contribution < -0.4 is 10.6 Å². The molecule has 21 heavy (non-hydrogen) atoms. The Kier molecular flexibility index (Phi) is 11.5. The quantitative estimate of drug-likeness (QED) is 0.385. The number of halogens is 1. The molecular formula is C16H35IN4. The van der Waals surface area contributed by atoms with Crippen LogP contribution in [-0.2, 0) is 0 Å². The van der Waals surface area contributed by atoms with Gasteiger partial charge in [0.1, 0.15) is 0 Å². The zero-order valence-corrected chi connectivity index (χ0v) is 16.8. The van der Waals surface area contributed by atoms with E-state index in [1.807, 2.05) is 7.05 Å². The molecule has 0 bridgehead atoms. The first-order valence-electron chi connectivity index (χ1n) is 8.21. The Bertz CT molecular complexity index is 292. The zero-order valence-electron chi connectivity index (χ0n) is 14.5. The smallest absolute Gasteiger partial charge is 0.191 e. The summed E-state index contributed by atoms with van der Waals surface area (Å²) in [6.45, 7) is 13.6. The highest BCUT2D eigenvalue weighted by Crippen LogP contribution is 2.17. The molecule has 0 amide bonds. The first kappa shape index (κ1) is 21.0. The van der Waals surface area contributed by atoms with Crippen molar-refractivity contribution < 1.29 is 0 Å². The molecule has 0 spiro atoms. The van der Waals surface area contributed by atoms with Gasteiger partial charge in [0.15, 0.2) is 5.96 Å². The summed E-state index contributed by atoms with van der Waals surface area (Å²) < 4.78 is 0. The van der Waals surface area contributed by atoms with E-state index in [4.69, 9.17) is 0 Å². The SMILES string of the molecule is CN=C(NCCC(C)C)NC[C@H]1CCCN1CC(C)C.I. The highest BCUT2D eigenvalue weighted by atomic mass is 127. The molecule has 0 unspecified atom stereocenters. The van der Waals surface area contributed by atoms with E-state index in [9.17, 15) is 0 Å². The normalized spacial score (nSPS) is 20.0. The Hall–Kier alpha value is -0.0400. The highest BCUT2D eigenvalue weighted by Gasteiger charge is 2.24. The van der Waals surface area contributed by atoms with Gasteiger partial charge in [-0.15, -0.1) is 24.0 Å². The van der Waals surface area contributed by atoms with E-state index in [0.717, 1.165) is 30.9 Å². The molecule has 4 nitrogen and oxygen atoms in total. The van der Waals surface area contributed by atoms with E-state index in [1.165, 1.54) is 32.4 Å². The summed E-state index contributed by atoms with van der Waals surface area (Å²) in [5, 5.41) is 6.89. The first-order chi connectivity index (χ1) is 9.52. The standard InChI is InChI=1S/C16H34N4.HI/c1-13(2)8-9-18-16(17-5)19-11-15-7-6-10-20(15)12-14(3)4;/h13-15H,6-12H2,1-5H3,(H2,17,18,19);1H/t15-;/m1./s1. The van der Waals surface area contributed by atoms with Gasteiger partial charge in [-0.2, -0.15) is 0 Å². The van der Waals surface area contributed by atoms with Crippen LogP contribution in [-0.4, -0.2) is 50.1 Å². The highest BCUT2D eigenvalue weighted by molar-refractivity contribution is 14.0. The summed E-state index contributed by atoms with van der Waals surface area (Å²) in [6, 6.07) is 0.668. The van der Waals surface area contributed by atoms with Gasteiger partial charge in [0.2, 0.25) is 0 Å². The summed E-state index contributed by atoms with van der Waals surface area (Å²) in [4.78, 5) is 6.93. The molecule has 1 atom stereocenters. The fourth-order valence-electron chi connectivity index (χ4n) is 2.75. The molecule has 1 fully saturated rings. The fraction of sp³-hybridized carbons (Fsp3) is 0.938. The summed E-state index contributed by atoms with van der Waals surface area (Å²) in [5.74, 6) is 2.43. The van der Waals surface area contributed by atoms with Crippen molar-refractivity contribution in [3.63, 3.8) is 0 Å². The molecule has 2 N–H and O–H groups in total. The first-order valence-corrected chi connectivity index (χ1v) is 8.21. The van der Waals surface area contributed by atoms with Gasteiger partial charge in [-0.1, -0.05) is 27.7 Å². The van der Waals surface area contributed by atoms with Crippen molar-refractivity contribution in [1.29, 1.82) is 0 Å². The van der Waals surface area contributed by atoms with Crippen LogP contribution >= 0.6 is 24.0 Å². The van der Waals surface area contributed by atoms with E-state index < -0.39 is 0 Å². The molecule has 1 saturated heterocycles. The fourth-order valence-corrected chi connectivity index (χ4v) is 2.75. The average Bonchev–Trinajstić information content (AvgIpc) is 2.79. The Morgan fingerprint density at radius 3 is 2.48 bits per heavy atom. The third kappa shape index (κ3) is 8.86. The van der Waals surface area contributed by atoms with Crippen LogP contribution in [0.25, 0.3) is 0 Å². The maximum absolute atomic E-state index is 4.31. The molecule has 0 aromatic carbocycles. The number of rotatable bonds is 7. The Balaban J connectivity index is 0.00000400. The monoisotopic (exact) mass is 410 g/mol. The second-order valence-electron chi connectivity index (χ2n) is 6.75. The summed E-state index contributed by atoms with van der Waals surface area (Å²) in [5.41, 5.74) is 0. The average molecular weight is 410 g/mol. The minimum absolute atomic E-state index is 0. The Labute approximate surface area is 148 Å². The van der Waals surface area contributed by atoms with Crippen LogP contribution in [0.5, 0.6) is 0 Å². The summed E-state index contributed by atoms with van der Waals surface area (Å²) >= 11 is 0. The largest absolute Gasteiger partial charge is 0.356 e. The van der Waals surface area contributed by atoms with Gasteiger partial charge in [0.25, 0.3) is 0 Å². The molecule has 0 radical (unpaired) electrons. The predicted octanol–water partition coefficient (Wildman–Crippen LogP) is 2.94. The van der Waals surface area contributed by atoms with Crippen LogP contribution in [0.2, 0.25) is 0 Å². The number of guanidine groups is 1. The van der Waals surface area contributed by atoms with Crippen LogP contribution in [0.15, 0.2) is 4.99 Å². The van der Waals surface area contributed by atoms with Crippen molar-refractivity contribution in [3.8, 4) is 0 Å². The van der Waals surface area contributed by atoms with Crippen LogP contribution in [0.3, 0.4) is 0 Å². The lowest BCUT2D eigenvalue weighted by Gasteiger charge is -2.27. The van der Waals surface area contributed by atoms with Gasteiger partial charge in [0.05, 0.1) is 0 Å². The van der Waals surface area contributed by atoms with Crippen molar-refractivity contribution in [2.45, 2.75) is 53.0 Å². The van der Waals surface area contributed by atoms with Crippen molar-refractivity contribution in [2.75, 3.05) is 33.2 Å². The van der Waals surface area contributed by atoms with E-state index in [-0.39, 0.29) is 24.0 Å². The molecule has 0 aromatic heterocycles. The van der Waals surface area contributed by atoms with Gasteiger partial charge in [-0.05, 0) is 37.6 Å². The number of hydrogen-bond acceptors (Lipinski definition) is 2. The minimum atomic E-state index is 0. The molecule has 1 aliphatic heterocycles. The van der Waals surface area contributed by atoms with Crippen molar-refractivity contribution >= 4 is 29.9 Å². The lowest BCUT2D eigenvalue weighted by atomic mass is 10.1. The molecule has 126 valence electrons. The van der Waals surface area contributed by atoms with Crippen molar-refractivity contribution in [3.05, 3.63) is 0 Å². The van der Waals surface area contributed by atoms with Gasteiger partial charge in [-0.25, -0.2) is 0 Å². The van der Waals surface area contributed by atoms with E-state index >= 15 is 0 Å². The second-order valence-corrected chi connectivity index (χ2v) is 6.75. The number of nitrogens with zero attached hydrogens (tertiary/aromatic N) is 2. The third-order valence-electron chi connectivity index (χ3n) is 3.84. The number of aliphatic imine (C=N–C) groups is 1. The van der Waals surface area contributed by atoms with Gasteiger partial charge < -0.3 is 10.6 Å². The van der Waals surface area contributed by atoms with Crippen molar-refractivity contribution in [2.24, 2.45) is 16.8 Å². The molecular weight excluding hydrogens is 375 g/mol. The molecule has 1 heterocycles. The Morgan fingerprint density at radius 2 is 1.90 bits per heavy atom. The molecule has 5 heteroatoms. The maximum Gasteiger partial charge on any atom is 0.191 e. The lowest BCUT2D eigenvalue weighted by Crippen LogP contribution is -2.45. The summed E-state index contributed by atoms with van der Waals surface area (Å²) in [6.07, 6.45) is 3.82. The number of nitrogens with one attached hydrogen (secondary N) is 2. The summed E-state index contributed by atoms with van der Waals surface area (Å²) in [7, 11) is 1.85. The second kappa shape index (κ2) is 11.5. The van der Waals surface area contributed by atoms with E-state index in [1.54, 1.807) is 0 Å². The van der Waals surface area contributed by atoms with Gasteiger partial charge in [0, 0.05) is 32.7 Å². The van der Waals surface area contributed by atoms with Crippen LogP contribution in [0, 0.1) is 11.8 Å². The molecule has 0 saturated carbocycles. The van der Waals surface area contributed by atoms with E-state index in [2.05, 4.69) is 48.2 Å². The predicted molar refractivity (Wildman–Crippen MR) is 104 cm³/mol. The molecule has 1 rings (SSSR count). The van der Waals surface area contributed by atoms with Gasteiger partial charge >= 0.3 is 0 Å². The minimum Gasteiger partial charge on any atom is -0.356 e. The lowest BCUT2D eigenvalue weighted by molar-refractivity contribution is 0.226. The maximum atomic E-state index is 4.31. The molecule has 0 aromatic rings. The molecule has 0 aliphatic carbocycles. The zero-order chi connectivity index (χ0) is 15.0. The van der Waals surface area contributed by atoms with Crippen molar-refractivity contribution in [1.82, 2.24) is 15.5 Å². The molecule has 1 aliphatic rings. The number of likely N-dealkylation sites (tertiary alicyclic amines) is 1. The topological polar surface area (TPSA) is 39.7 Å². The van der Waals surface area contributed by atoms with Gasteiger partial charge in [-0.3, -0.25) is 9.89 Å². The Morgan fingerprint density at radius 1 is 1.19 bits per heavy atom. The van der Waals surface area contributed by atoms with E-state index in [0.29, 0.717) is 6.04 Å². The van der Waals surface area contributed by atoms with Crippen LogP contribution in [0.4, 0.5) is 0 Å². The van der Waals surface area contributed by atoms with Crippen LogP contribution in [0.1, 0.15) is 47.0 Å². The third-order valence-corrected chi connectivity index (χ3v) is 3.84.